The topological polar surface area (TPSA) is 45.7 Å². The maximum atomic E-state index is 12.4. The summed E-state index contributed by atoms with van der Waals surface area (Å²) in [4.78, 5) is 22.0. The van der Waals surface area contributed by atoms with Crippen LogP contribution < -0.4 is 9.64 Å². The Kier molecular flexibility index (Phi) is 5.59. The summed E-state index contributed by atoms with van der Waals surface area (Å²) in [5, 5.41) is 0. The number of pyridine rings is 1. The summed E-state index contributed by atoms with van der Waals surface area (Å²) >= 11 is 1.57. The van der Waals surface area contributed by atoms with Gasteiger partial charge in [-0.1, -0.05) is 6.07 Å². The molecule has 1 saturated heterocycles. The fraction of sp³-hybridized carbons (Fsp3) is 0.333. The molecule has 1 aromatic carbocycles. The van der Waals surface area contributed by atoms with Gasteiger partial charge in [-0.05, 0) is 36.4 Å². The van der Waals surface area contributed by atoms with Crippen molar-refractivity contribution in [2.24, 2.45) is 0 Å². The molecule has 0 saturated carbocycles. The van der Waals surface area contributed by atoms with Gasteiger partial charge in [0.25, 0.3) is 0 Å². The molecule has 0 spiro atoms. The van der Waals surface area contributed by atoms with Gasteiger partial charge in [-0.3, -0.25) is 4.79 Å². The number of ether oxygens (including phenoxy) is 1. The molecule has 1 aromatic heterocycles. The van der Waals surface area contributed by atoms with Crippen LogP contribution in [0.3, 0.4) is 0 Å². The average molecular weight is 343 g/mol. The van der Waals surface area contributed by atoms with Crippen LogP contribution in [0.5, 0.6) is 5.75 Å². The number of carbonyl (C=O) groups is 1. The summed E-state index contributed by atoms with van der Waals surface area (Å²) in [6.45, 7) is 3.16. The second-order valence-corrected chi connectivity index (χ2v) is 6.57. The average Bonchev–Trinajstić information content (AvgIpc) is 2.67. The molecule has 6 heteroatoms. The van der Waals surface area contributed by atoms with Gasteiger partial charge in [-0.2, -0.15) is 0 Å². The molecule has 0 unspecified atom stereocenters. The first-order valence-corrected chi connectivity index (χ1v) is 8.95. The molecule has 1 aliphatic heterocycles. The summed E-state index contributed by atoms with van der Waals surface area (Å²) in [5.41, 5.74) is 0. The summed E-state index contributed by atoms with van der Waals surface area (Å²) in [5.74, 6) is 2.47. The van der Waals surface area contributed by atoms with E-state index >= 15 is 0 Å². The van der Waals surface area contributed by atoms with Crippen molar-refractivity contribution < 1.29 is 9.53 Å². The molecular weight excluding hydrogens is 322 g/mol. The van der Waals surface area contributed by atoms with Crippen molar-refractivity contribution in [3.63, 3.8) is 0 Å². The molecule has 0 atom stereocenters. The maximum Gasteiger partial charge on any atom is 0.233 e. The largest absolute Gasteiger partial charge is 0.497 e. The zero-order valence-electron chi connectivity index (χ0n) is 13.7. The first kappa shape index (κ1) is 16.6. The number of anilines is 1. The number of amides is 1. The molecule has 5 nitrogen and oxygen atoms in total. The number of nitrogens with zero attached hydrogens (tertiary/aromatic N) is 3. The van der Waals surface area contributed by atoms with E-state index in [0.29, 0.717) is 5.75 Å². The molecule has 1 aliphatic rings. The third kappa shape index (κ3) is 4.20. The van der Waals surface area contributed by atoms with Crippen LogP contribution >= 0.6 is 11.8 Å². The fourth-order valence-corrected chi connectivity index (χ4v) is 3.44. The highest BCUT2D eigenvalue weighted by molar-refractivity contribution is 8.00. The van der Waals surface area contributed by atoms with Gasteiger partial charge in [0, 0.05) is 37.3 Å². The molecule has 1 amide bonds. The quantitative estimate of drug-likeness (QED) is 0.781. The van der Waals surface area contributed by atoms with Crippen molar-refractivity contribution in [2.45, 2.75) is 4.90 Å². The minimum absolute atomic E-state index is 0.191. The lowest BCUT2D eigenvalue weighted by molar-refractivity contribution is -0.128. The van der Waals surface area contributed by atoms with Crippen molar-refractivity contribution in [1.82, 2.24) is 9.88 Å². The van der Waals surface area contributed by atoms with Crippen LogP contribution in [0.2, 0.25) is 0 Å². The van der Waals surface area contributed by atoms with Crippen LogP contribution in [0.4, 0.5) is 5.82 Å². The highest BCUT2D eigenvalue weighted by Gasteiger charge is 2.21. The minimum atomic E-state index is 0.191. The van der Waals surface area contributed by atoms with Gasteiger partial charge in [0.05, 0.1) is 12.9 Å². The predicted molar refractivity (Wildman–Crippen MR) is 96.7 cm³/mol. The Morgan fingerprint density at radius 2 is 1.88 bits per heavy atom. The zero-order valence-corrected chi connectivity index (χ0v) is 14.5. The smallest absolute Gasteiger partial charge is 0.233 e. The lowest BCUT2D eigenvalue weighted by atomic mass is 10.3. The molecule has 2 heterocycles. The second kappa shape index (κ2) is 8.06. The monoisotopic (exact) mass is 343 g/mol. The number of benzene rings is 1. The number of hydrogen-bond acceptors (Lipinski definition) is 5. The third-order valence-electron chi connectivity index (χ3n) is 4.03. The van der Waals surface area contributed by atoms with Crippen LogP contribution in [0, 0.1) is 0 Å². The van der Waals surface area contributed by atoms with Gasteiger partial charge in [0.15, 0.2) is 0 Å². The number of methoxy groups -OCH3 is 1. The lowest BCUT2D eigenvalue weighted by Crippen LogP contribution is -2.49. The first-order chi connectivity index (χ1) is 11.8. The number of thioether (sulfide) groups is 1. The Hall–Kier alpha value is -2.21. The third-order valence-corrected chi connectivity index (χ3v) is 5.02. The molecule has 0 radical (unpaired) electrons. The summed E-state index contributed by atoms with van der Waals surface area (Å²) < 4.78 is 5.14. The molecule has 2 aromatic rings. The van der Waals surface area contributed by atoms with Crippen LogP contribution in [-0.4, -0.2) is 54.8 Å². The molecule has 3 rings (SSSR count). The molecule has 1 fully saturated rings. The van der Waals surface area contributed by atoms with E-state index in [4.69, 9.17) is 4.74 Å². The van der Waals surface area contributed by atoms with Gasteiger partial charge >= 0.3 is 0 Å². The van der Waals surface area contributed by atoms with Gasteiger partial charge in [-0.15, -0.1) is 11.8 Å². The Bertz CT molecular complexity index is 656. The fourth-order valence-electron chi connectivity index (χ4n) is 2.63. The van der Waals surface area contributed by atoms with Crippen molar-refractivity contribution in [1.29, 1.82) is 0 Å². The van der Waals surface area contributed by atoms with Crippen molar-refractivity contribution >= 4 is 23.5 Å². The van der Waals surface area contributed by atoms with Crippen molar-refractivity contribution in [3.8, 4) is 5.75 Å². The molecule has 24 heavy (non-hydrogen) atoms. The van der Waals surface area contributed by atoms with E-state index < -0.39 is 0 Å². The summed E-state index contributed by atoms with van der Waals surface area (Å²) in [7, 11) is 1.65. The number of piperazine rings is 1. The normalized spacial score (nSPS) is 14.5. The molecule has 0 N–H and O–H groups in total. The maximum absolute atomic E-state index is 12.4. The lowest BCUT2D eigenvalue weighted by Gasteiger charge is -2.35. The zero-order chi connectivity index (χ0) is 16.8. The van der Waals surface area contributed by atoms with E-state index in [2.05, 4.69) is 9.88 Å². The highest BCUT2D eigenvalue weighted by atomic mass is 32.2. The molecular formula is C18H21N3O2S. The van der Waals surface area contributed by atoms with E-state index in [1.165, 1.54) is 0 Å². The molecule has 0 bridgehead atoms. The minimum Gasteiger partial charge on any atom is -0.497 e. The second-order valence-electron chi connectivity index (χ2n) is 5.52. The number of aromatic nitrogens is 1. The van der Waals surface area contributed by atoms with Crippen LogP contribution in [0.25, 0.3) is 0 Å². The van der Waals surface area contributed by atoms with Crippen LogP contribution in [0.1, 0.15) is 0 Å². The summed E-state index contributed by atoms with van der Waals surface area (Å²) in [6, 6.07) is 13.7. The molecule has 126 valence electrons. The van der Waals surface area contributed by atoms with Crippen LogP contribution in [-0.2, 0) is 4.79 Å². The van der Waals surface area contributed by atoms with E-state index in [1.807, 2.05) is 47.4 Å². The number of carbonyl (C=O) groups excluding carboxylic acids is 1. The predicted octanol–water partition coefficient (Wildman–Crippen LogP) is 2.53. The van der Waals surface area contributed by atoms with Gasteiger partial charge < -0.3 is 14.5 Å². The van der Waals surface area contributed by atoms with E-state index in [-0.39, 0.29) is 5.91 Å². The van der Waals surface area contributed by atoms with E-state index in [0.717, 1.165) is 42.6 Å². The van der Waals surface area contributed by atoms with Crippen molar-refractivity contribution in [2.75, 3.05) is 43.9 Å². The number of rotatable bonds is 5. The SMILES string of the molecule is COc1ccc(SCC(=O)N2CCN(c3ccccn3)CC2)cc1. The van der Waals surface area contributed by atoms with E-state index in [9.17, 15) is 4.79 Å². The summed E-state index contributed by atoms with van der Waals surface area (Å²) in [6.07, 6.45) is 1.80. The van der Waals surface area contributed by atoms with E-state index in [1.54, 1.807) is 25.1 Å². The Balaban J connectivity index is 1.46. The van der Waals surface area contributed by atoms with Gasteiger partial charge in [0.2, 0.25) is 5.91 Å². The van der Waals surface area contributed by atoms with Gasteiger partial charge in [-0.25, -0.2) is 4.98 Å². The highest BCUT2D eigenvalue weighted by Crippen LogP contribution is 2.22. The molecule has 0 aliphatic carbocycles. The van der Waals surface area contributed by atoms with Gasteiger partial charge in [0.1, 0.15) is 11.6 Å². The van der Waals surface area contributed by atoms with Crippen LogP contribution in [0.15, 0.2) is 53.6 Å². The van der Waals surface area contributed by atoms with Crippen molar-refractivity contribution in [3.05, 3.63) is 48.7 Å². The first-order valence-electron chi connectivity index (χ1n) is 7.97. The Labute approximate surface area is 146 Å². The Morgan fingerprint density at radius 1 is 1.12 bits per heavy atom. The number of hydrogen-bond donors (Lipinski definition) is 0. The Morgan fingerprint density at radius 3 is 2.50 bits per heavy atom. The standard InChI is InChI=1S/C18H21N3O2S/c1-23-15-5-7-16(8-6-15)24-14-18(22)21-12-10-20(11-13-21)17-4-2-3-9-19-17/h2-9H,10-14H2,1H3.